The molecule has 102 valence electrons. The molecule has 2 atom stereocenters. The van der Waals surface area contributed by atoms with E-state index in [9.17, 15) is 0 Å². The molecular formula is C15H32N2. The lowest BCUT2D eigenvalue weighted by Gasteiger charge is -2.46. The van der Waals surface area contributed by atoms with Gasteiger partial charge in [0.25, 0.3) is 0 Å². The Labute approximate surface area is 108 Å². The van der Waals surface area contributed by atoms with Gasteiger partial charge in [0.05, 0.1) is 0 Å². The van der Waals surface area contributed by atoms with Crippen LogP contribution in [-0.4, -0.2) is 36.1 Å². The molecule has 2 heteroatoms. The first-order valence-corrected chi connectivity index (χ1v) is 7.49. The number of nitrogens with zero attached hydrogens (tertiary/aromatic N) is 1. The lowest BCUT2D eigenvalue weighted by atomic mass is 9.87. The quantitative estimate of drug-likeness (QED) is 0.766. The highest BCUT2D eigenvalue weighted by Gasteiger charge is 2.33. The van der Waals surface area contributed by atoms with E-state index >= 15 is 0 Å². The van der Waals surface area contributed by atoms with Crippen LogP contribution in [0, 0.1) is 5.92 Å². The van der Waals surface area contributed by atoms with Gasteiger partial charge < -0.3 is 5.32 Å². The van der Waals surface area contributed by atoms with Crippen molar-refractivity contribution in [3.05, 3.63) is 0 Å². The van der Waals surface area contributed by atoms with Gasteiger partial charge in [-0.3, -0.25) is 4.90 Å². The Morgan fingerprint density at radius 3 is 2.47 bits per heavy atom. The van der Waals surface area contributed by atoms with Gasteiger partial charge in [0, 0.05) is 24.7 Å². The summed E-state index contributed by atoms with van der Waals surface area (Å²) >= 11 is 0. The fourth-order valence-electron chi connectivity index (χ4n) is 3.10. The third-order valence-corrected chi connectivity index (χ3v) is 4.28. The van der Waals surface area contributed by atoms with Gasteiger partial charge in [-0.2, -0.15) is 0 Å². The summed E-state index contributed by atoms with van der Waals surface area (Å²) in [7, 11) is 0. The van der Waals surface area contributed by atoms with Crippen LogP contribution in [0.1, 0.15) is 60.3 Å². The van der Waals surface area contributed by atoms with E-state index in [0.29, 0.717) is 5.54 Å². The molecule has 0 saturated carbocycles. The van der Waals surface area contributed by atoms with Crippen molar-refractivity contribution in [3.8, 4) is 0 Å². The molecule has 1 N–H and O–H groups in total. The largest absolute Gasteiger partial charge is 0.314 e. The molecule has 17 heavy (non-hydrogen) atoms. The molecule has 0 aromatic rings. The Hall–Kier alpha value is -0.0800. The maximum atomic E-state index is 3.70. The lowest BCUT2D eigenvalue weighted by molar-refractivity contribution is 0.0485. The first kappa shape index (κ1) is 15.0. The second-order valence-electron chi connectivity index (χ2n) is 6.34. The zero-order chi connectivity index (χ0) is 12.9. The molecule has 1 aliphatic heterocycles. The van der Waals surface area contributed by atoms with Crippen molar-refractivity contribution in [1.82, 2.24) is 10.2 Å². The van der Waals surface area contributed by atoms with E-state index in [1.54, 1.807) is 0 Å². The van der Waals surface area contributed by atoms with Gasteiger partial charge in [-0.05, 0) is 45.6 Å². The summed E-state index contributed by atoms with van der Waals surface area (Å²) in [5, 5.41) is 3.70. The summed E-state index contributed by atoms with van der Waals surface area (Å²) < 4.78 is 0. The highest BCUT2D eigenvalue weighted by atomic mass is 15.2. The van der Waals surface area contributed by atoms with E-state index in [0.717, 1.165) is 12.0 Å². The molecule has 1 rings (SSSR count). The van der Waals surface area contributed by atoms with Crippen LogP contribution in [0.5, 0.6) is 0 Å². The SMILES string of the molecule is CCCNC1CCN(C(C)(C)CCC)CC1C. The standard InChI is InChI=1S/C15H32N2/c1-6-9-15(4,5)17-11-8-14(13(3)12-17)16-10-7-2/h13-14,16H,6-12H2,1-5H3. The number of hydrogen-bond donors (Lipinski definition) is 1. The maximum Gasteiger partial charge on any atom is 0.0153 e. The number of rotatable bonds is 6. The Kier molecular flexibility index (Phi) is 5.94. The van der Waals surface area contributed by atoms with Crippen molar-refractivity contribution in [2.24, 2.45) is 5.92 Å². The zero-order valence-corrected chi connectivity index (χ0v) is 12.6. The van der Waals surface area contributed by atoms with E-state index in [-0.39, 0.29) is 0 Å². The van der Waals surface area contributed by atoms with E-state index in [4.69, 9.17) is 0 Å². The average molecular weight is 240 g/mol. The van der Waals surface area contributed by atoms with Crippen LogP contribution in [-0.2, 0) is 0 Å². The first-order chi connectivity index (χ1) is 8.01. The Balaban J connectivity index is 2.45. The minimum absolute atomic E-state index is 0.388. The molecule has 2 nitrogen and oxygen atoms in total. The summed E-state index contributed by atoms with van der Waals surface area (Å²) in [6.07, 6.45) is 5.16. The molecule has 0 aromatic carbocycles. The Morgan fingerprint density at radius 2 is 1.94 bits per heavy atom. The normalized spacial score (nSPS) is 27.4. The third-order valence-electron chi connectivity index (χ3n) is 4.28. The van der Waals surface area contributed by atoms with Crippen LogP contribution in [0.2, 0.25) is 0 Å². The molecule has 2 unspecified atom stereocenters. The number of nitrogens with one attached hydrogen (secondary N) is 1. The molecule has 0 spiro atoms. The van der Waals surface area contributed by atoms with E-state index < -0.39 is 0 Å². The summed E-state index contributed by atoms with van der Waals surface area (Å²) in [5.74, 6) is 0.784. The topological polar surface area (TPSA) is 15.3 Å². The Morgan fingerprint density at radius 1 is 1.24 bits per heavy atom. The van der Waals surface area contributed by atoms with Gasteiger partial charge in [-0.25, -0.2) is 0 Å². The molecule has 1 heterocycles. The first-order valence-electron chi connectivity index (χ1n) is 7.49. The fourth-order valence-corrected chi connectivity index (χ4v) is 3.10. The highest BCUT2D eigenvalue weighted by molar-refractivity contribution is 4.90. The molecule has 0 radical (unpaired) electrons. The van der Waals surface area contributed by atoms with Crippen molar-refractivity contribution >= 4 is 0 Å². The van der Waals surface area contributed by atoms with Gasteiger partial charge in [0.2, 0.25) is 0 Å². The summed E-state index contributed by atoms with van der Waals surface area (Å²) in [5.41, 5.74) is 0.388. The second kappa shape index (κ2) is 6.75. The van der Waals surface area contributed by atoms with Crippen molar-refractivity contribution in [3.63, 3.8) is 0 Å². The minimum atomic E-state index is 0.388. The minimum Gasteiger partial charge on any atom is -0.314 e. The summed E-state index contributed by atoms with van der Waals surface area (Å²) in [6.45, 7) is 15.5. The zero-order valence-electron chi connectivity index (χ0n) is 12.6. The van der Waals surface area contributed by atoms with Crippen LogP contribution in [0.15, 0.2) is 0 Å². The third kappa shape index (κ3) is 4.26. The number of likely N-dealkylation sites (tertiary alicyclic amines) is 1. The number of hydrogen-bond acceptors (Lipinski definition) is 2. The summed E-state index contributed by atoms with van der Waals surface area (Å²) in [4.78, 5) is 2.70. The molecule has 1 fully saturated rings. The highest BCUT2D eigenvalue weighted by Crippen LogP contribution is 2.27. The lowest BCUT2D eigenvalue weighted by Crippen LogP contribution is -2.55. The second-order valence-corrected chi connectivity index (χ2v) is 6.34. The van der Waals surface area contributed by atoms with Crippen molar-refractivity contribution < 1.29 is 0 Å². The van der Waals surface area contributed by atoms with Gasteiger partial charge in [-0.15, -0.1) is 0 Å². The fraction of sp³-hybridized carbons (Fsp3) is 1.00. The van der Waals surface area contributed by atoms with Crippen LogP contribution >= 0.6 is 0 Å². The van der Waals surface area contributed by atoms with Crippen LogP contribution in [0.25, 0.3) is 0 Å². The van der Waals surface area contributed by atoms with Gasteiger partial charge in [0.15, 0.2) is 0 Å². The predicted octanol–water partition coefficient (Wildman–Crippen LogP) is 3.28. The smallest absolute Gasteiger partial charge is 0.0153 e. The van der Waals surface area contributed by atoms with Gasteiger partial charge >= 0.3 is 0 Å². The Bertz CT molecular complexity index is 213. The van der Waals surface area contributed by atoms with Crippen molar-refractivity contribution in [2.45, 2.75) is 71.9 Å². The van der Waals surface area contributed by atoms with Crippen LogP contribution in [0.4, 0.5) is 0 Å². The molecule has 1 aliphatic rings. The van der Waals surface area contributed by atoms with Crippen LogP contribution < -0.4 is 5.32 Å². The van der Waals surface area contributed by atoms with Crippen LogP contribution in [0.3, 0.4) is 0 Å². The van der Waals surface area contributed by atoms with E-state index in [1.807, 2.05) is 0 Å². The average Bonchev–Trinajstić information content (AvgIpc) is 2.27. The predicted molar refractivity (Wildman–Crippen MR) is 76.4 cm³/mol. The number of piperidine rings is 1. The molecule has 0 aromatic heterocycles. The van der Waals surface area contributed by atoms with Crippen molar-refractivity contribution in [1.29, 1.82) is 0 Å². The van der Waals surface area contributed by atoms with Gasteiger partial charge in [-0.1, -0.05) is 27.2 Å². The van der Waals surface area contributed by atoms with E-state index in [2.05, 4.69) is 44.8 Å². The molecular weight excluding hydrogens is 208 g/mol. The molecule has 0 aliphatic carbocycles. The summed E-state index contributed by atoms with van der Waals surface area (Å²) in [6, 6.07) is 0.739. The molecule has 0 bridgehead atoms. The van der Waals surface area contributed by atoms with Crippen molar-refractivity contribution in [2.75, 3.05) is 19.6 Å². The molecule has 0 amide bonds. The van der Waals surface area contributed by atoms with E-state index in [1.165, 1.54) is 45.3 Å². The monoisotopic (exact) mass is 240 g/mol. The molecule has 1 saturated heterocycles. The van der Waals surface area contributed by atoms with Gasteiger partial charge in [0.1, 0.15) is 0 Å². The maximum absolute atomic E-state index is 3.70.